The summed E-state index contributed by atoms with van der Waals surface area (Å²) in [5, 5.41) is 0. The van der Waals surface area contributed by atoms with Gasteiger partial charge in [-0.25, -0.2) is 13.6 Å². The first-order valence-electron chi connectivity index (χ1n) is 9.19. The number of hydrogen-bond acceptors (Lipinski definition) is 4. The first-order chi connectivity index (χ1) is 12.6. The average molecular weight is 381 g/mol. The van der Waals surface area contributed by atoms with Crippen molar-refractivity contribution >= 4 is 11.9 Å². The lowest BCUT2D eigenvalue weighted by atomic mass is 9.84. The molecule has 3 rings (SSSR count). The Kier molecular flexibility index (Phi) is 5.14. The van der Waals surface area contributed by atoms with Gasteiger partial charge in [-0.15, -0.1) is 0 Å². The highest BCUT2D eigenvalue weighted by atomic mass is 19.2. The monoisotopic (exact) mass is 381 g/mol. The Morgan fingerprint density at radius 1 is 1.07 bits per heavy atom. The van der Waals surface area contributed by atoms with E-state index in [1.54, 1.807) is 4.90 Å². The molecule has 2 unspecified atom stereocenters. The van der Waals surface area contributed by atoms with Crippen LogP contribution in [0.4, 0.5) is 13.6 Å². The zero-order chi connectivity index (χ0) is 19.9. The molecule has 0 N–H and O–H groups in total. The first-order valence-corrected chi connectivity index (χ1v) is 9.19. The van der Waals surface area contributed by atoms with E-state index in [-0.39, 0.29) is 41.2 Å². The normalized spacial score (nSPS) is 24.7. The van der Waals surface area contributed by atoms with Crippen molar-refractivity contribution in [1.29, 1.82) is 0 Å². The van der Waals surface area contributed by atoms with Gasteiger partial charge in [-0.1, -0.05) is 0 Å². The number of carbonyl (C=O) groups is 2. The number of ketones is 1. The molecule has 2 bridgehead atoms. The predicted molar refractivity (Wildman–Crippen MR) is 94.8 cm³/mol. The second kappa shape index (κ2) is 7.09. The van der Waals surface area contributed by atoms with Crippen molar-refractivity contribution in [3.05, 3.63) is 29.3 Å². The fourth-order valence-electron chi connectivity index (χ4n) is 4.11. The fraction of sp³-hybridized carbons (Fsp3) is 0.600. The molecule has 148 valence electrons. The van der Waals surface area contributed by atoms with E-state index in [9.17, 15) is 18.4 Å². The highest BCUT2D eigenvalue weighted by Gasteiger charge is 2.46. The van der Waals surface area contributed by atoms with Crippen LogP contribution in [-0.4, -0.2) is 41.6 Å². The van der Waals surface area contributed by atoms with Gasteiger partial charge in [0, 0.05) is 24.1 Å². The Hall–Kier alpha value is -2.18. The summed E-state index contributed by atoms with van der Waals surface area (Å²) in [6.45, 7) is 5.45. The minimum absolute atomic E-state index is 0.0285. The maximum absolute atomic E-state index is 13.7. The third-order valence-corrected chi connectivity index (χ3v) is 5.22. The lowest BCUT2D eigenvalue weighted by Gasteiger charge is -2.39. The number of halogens is 2. The number of hydrogen-bond donors (Lipinski definition) is 0. The molecule has 1 amide bonds. The third-order valence-electron chi connectivity index (χ3n) is 5.22. The molecule has 27 heavy (non-hydrogen) atoms. The molecule has 5 nitrogen and oxygen atoms in total. The van der Waals surface area contributed by atoms with Crippen LogP contribution in [0.2, 0.25) is 0 Å². The molecular formula is C20H25F2NO4. The summed E-state index contributed by atoms with van der Waals surface area (Å²) >= 11 is 0. The molecule has 2 fully saturated rings. The van der Waals surface area contributed by atoms with Crippen molar-refractivity contribution in [2.75, 3.05) is 7.11 Å². The maximum Gasteiger partial charge on any atom is 0.410 e. The van der Waals surface area contributed by atoms with Crippen LogP contribution in [0.1, 0.15) is 56.8 Å². The number of ether oxygens (including phenoxy) is 2. The fourth-order valence-corrected chi connectivity index (χ4v) is 4.11. The summed E-state index contributed by atoms with van der Waals surface area (Å²) in [7, 11) is 1.32. The van der Waals surface area contributed by atoms with Crippen molar-refractivity contribution in [3.63, 3.8) is 0 Å². The van der Waals surface area contributed by atoms with E-state index in [1.807, 2.05) is 20.8 Å². The van der Waals surface area contributed by atoms with Gasteiger partial charge < -0.3 is 14.4 Å². The molecule has 2 heterocycles. The van der Waals surface area contributed by atoms with Gasteiger partial charge >= 0.3 is 6.09 Å². The molecule has 2 aliphatic heterocycles. The van der Waals surface area contributed by atoms with Gasteiger partial charge in [0.25, 0.3) is 0 Å². The summed E-state index contributed by atoms with van der Waals surface area (Å²) in [6.07, 6.45) is 2.23. The van der Waals surface area contributed by atoms with Crippen molar-refractivity contribution < 1.29 is 27.8 Å². The van der Waals surface area contributed by atoms with Crippen molar-refractivity contribution in [2.24, 2.45) is 5.92 Å². The number of piperidine rings is 1. The van der Waals surface area contributed by atoms with E-state index in [2.05, 4.69) is 0 Å². The van der Waals surface area contributed by atoms with Crippen molar-refractivity contribution in [1.82, 2.24) is 4.90 Å². The lowest BCUT2D eigenvalue weighted by molar-refractivity contribution is 0.00251. The Morgan fingerprint density at radius 2 is 1.63 bits per heavy atom. The molecule has 0 radical (unpaired) electrons. The highest BCUT2D eigenvalue weighted by molar-refractivity contribution is 6.00. The molecular weight excluding hydrogens is 356 g/mol. The lowest BCUT2D eigenvalue weighted by Crippen LogP contribution is -2.49. The zero-order valence-corrected chi connectivity index (χ0v) is 16.1. The molecule has 2 atom stereocenters. The standard InChI is InChI=1S/C20H25F2NO4/c1-20(2,3)27-19(25)23-12-5-6-13(23)8-11(7-12)18(24)14-9-15(21)16(22)10-17(14)26-4/h9-13H,5-8H2,1-4H3. The molecule has 0 spiro atoms. The Balaban J connectivity index is 1.78. The zero-order valence-electron chi connectivity index (χ0n) is 16.1. The average Bonchev–Trinajstić information content (AvgIpc) is 2.85. The van der Waals surface area contributed by atoms with Gasteiger partial charge in [0.15, 0.2) is 17.4 Å². The van der Waals surface area contributed by atoms with Crippen LogP contribution < -0.4 is 4.74 Å². The second-order valence-electron chi connectivity index (χ2n) is 8.27. The van der Waals surface area contributed by atoms with Crippen LogP contribution in [0.5, 0.6) is 5.75 Å². The molecule has 0 aliphatic carbocycles. The van der Waals surface area contributed by atoms with E-state index in [1.165, 1.54) is 7.11 Å². The van der Waals surface area contributed by atoms with Crippen LogP contribution in [-0.2, 0) is 4.74 Å². The van der Waals surface area contributed by atoms with Crippen LogP contribution in [0.25, 0.3) is 0 Å². The second-order valence-corrected chi connectivity index (χ2v) is 8.27. The van der Waals surface area contributed by atoms with Crippen LogP contribution in [0, 0.1) is 17.6 Å². The van der Waals surface area contributed by atoms with E-state index in [0.717, 1.165) is 25.0 Å². The molecule has 0 aromatic heterocycles. The predicted octanol–water partition coefficient (Wildman–Crippen LogP) is 4.33. The number of methoxy groups -OCH3 is 1. The van der Waals surface area contributed by atoms with Crippen LogP contribution >= 0.6 is 0 Å². The molecule has 7 heteroatoms. The van der Waals surface area contributed by atoms with Crippen LogP contribution in [0.3, 0.4) is 0 Å². The molecule has 1 aromatic carbocycles. The molecule has 2 saturated heterocycles. The van der Waals surface area contributed by atoms with Gasteiger partial charge in [-0.05, 0) is 52.5 Å². The number of carbonyl (C=O) groups excluding carboxylic acids is 2. The quantitative estimate of drug-likeness (QED) is 0.731. The third kappa shape index (κ3) is 3.92. The van der Waals surface area contributed by atoms with Gasteiger partial charge in [-0.3, -0.25) is 4.79 Å². The molecule has 1 aromatic rings. The molecule has 2 aliphatic rings. The summed E-state index contributed by atoms with van der Waals surface area (Å²) in [5.41, 5.74) is -0.533. The number of benzene rings is 1. The van der Waals surface area contributed by atoms with Gasteiger partial charge in [0.2, 0.25) is 0 Å². The minimum atomic E-state index is -1.08. The van der Waals surface area contributed by atoms with Gasteiger partial charge in [0.1, 0.15) is 11.4 Å². The Morgan fingerprint density at radius 3 is 2.15 bits per heavy atom. The van der Waals surface area contributed by atoms with E-state index < -0.39 is 17.2 Å². The highest BCUT2D eigenvalue weighted by Crippen LogP contribution is 2.41. The van der Waals surface area contributed by atoms with Crippen LogP contribution in [0.15, 0.2) is 12.1 Å². The minimum Gasteiger partial charge on any atom is -0.496 e. The SMILES string of the molecule is COc1cc(F)c(F)cc1C(=O)C1CC2CCC(C1)N2C(=O)OC(C)(C)C. The summed E-state index contributed by atoms with van der Waals surface area (Å²) in [6, 6.07) is 1.64. The van der Waals surface area contributed by atoms with Crippen molar-refractivity contribution in [3.8, 4) is 5.75 Å². The van der Waals surface area contributed by atoms with E-state index in [0.29, 0.717) is 12.8 Å². The Bertz CT molecular complexity index is 745. The number of amides is 1. The van der Waals surface area contributed by atoms with E-state index >= 15 is 0 Å². The van der Waals surface area contributed by atoms with Gasteiger partial charge in [0.05, 0.1) is 12.7 Å². The van der Waals surface area contributed by atoms with Gasteiger partial charge in [-0.2, -0.15) is 0 Å². The van der Waals surface area contributed by atoms with Crippen molar-refractivity contribution in [2.45, 2.75) is 64.1 Å². The smallest absolute Gasteiger partial charge is 0.410 e. The topological polar surface area (TPSA) is 55.8 Å². The number of rotatable bonds is 3. The first kappa shape index (κ1) is 19.6. The van der Waals surface area contributed by atoms with E-state index in [4.69, 9.17) is 9.47 Å². The summed E-state index contributed by atoms with van der Waals surface area (Å²) < 4.78 is 37.7. The number of Topliss-reactive ketones (excluding diaryl/α,β-unsaturated/α-hetero) is 1. The number of nitrogens with zero attached hydrogens (tertiary/aromatic N) is 1. The summed E-state index contributed by atoms with van der Waals surface area (Å²) in [5.74, 6) is -2.73. The number of fused-ring (bicyclic) bond motifs is 2. The molecule has 0 saturated carbocycles. The maximum atomic E-state index is 13.7. The Labute approximate surface area is 157 Å². The largest absolute Gasteiger partial charge is 0.496 e. The summed E-state index contributed by atoms with van der Waals surface area (Å²) in [4.78, 5) is 27.2.